The number of aliphatic hydroxyl groups excluding tert-OH is 1. The number of rotatable bonds is 3. The molecule has 0 spiro atoms. The molecule has 0 saturated carbocycles. The van der Waals surface area contributed by atoms with Gasteiger partial charge in [-0.05, 0) is 24.7 Å². The van der Waals surface area contributed by atoms with Crippen LogP contribution < -0.4 is 0 Å². The van der Waals surface area contributed by atoms with Crippen LogP contribution in [-0.2, 0) is 11.2 Å². The maximum absolute atomic E-state index is 13.3. The minimum atomic E-state index is -0.631. The molecule has 2 unspecified atom stereocenters. The summed E-state index contributed by atoms with van der Waals surface area (Å²) >= 11 is 5.62. The molecule has 100 valence electrons. The van der Waals surface area contributed by atoms with Gasteiger partial charge < -0.3 is 14.7 Å². The zero-order valence-electron chi connectivity index (χ0n) is 10.3. The molecule has 2 atom stereocenters. The normalized spacial score (nSPS) is 23.0. The maximum Gasteiger partial charge on any atom is 0.142 e. The third-order valence-electron chi connectivity index (χ3n) is 3.15. The van der Waals surface area contributed by atoms with Crippen LogP contribution in [0.15, 0.2) is 18.2 Å². The highest BCUT2D eigenvalue weighted by Gasteiger charge is 2.25. The predicted octanol–water partition coefficient (Wildman–Crippen LogP) is 1.71. The van der Waals surface area contributed by atoms with E-state index < -0.39 is 11.9 Å². The molecule has 1 saturated heterocycles. The average Bonchev–Trinajstić information content (AvgIpc) is 2.34. The summed E-state index contributed by atoms with van der Waals surface area (Å²) < 4.78 is 18.8. The van der Waals surface area contributed by atoms with Gasteiger partial charge in [0.05, 0.1) is 23.8 Å². The Labute approximate surface area is 111 Å². The number of benzene rings is 1. The zero-order chi connectivity index (χ0) is 13.1. The lowest BCUT2D eigenvalue weighted by Gasteiger charge is -2.33. The van der Waals surface area contributed by atoms with Gasteiger partial charge in [0.2, 0.25) is 0 Å². The molecule has 5 heteroatoms. The molecule has 1 aliphatic heterocycles. The van der Waals surface area contributed by atoms with E-state index in [2.05, 4.69) is 4.90 Å². The minimum absolute atomic E-state index is 0.0990. The van der Waals surface area contributed by atoms with Crippen LogP contribution in [0, 0.1) is 5.82 Å². The Bertz CT molecular complexity index is 416. The topological polar surface area (TPSA) is 32.7 Å². The van der Waals surface area contributed by atoms with Crippen molar-refractivity contribution in [1.29, 1.82) is 0 Å². The Balaban J connectivity index is 1.97. The Morgan fingerprint density at radius 2 is 2.39 bits per heavy atom. The van der Waals surface area contributed by atoms with Gasteiger partial charge in [0.25, 0.3) is 0 Å². The second kappa shape index (κ2) is 5.97. The van der Waals surface area contributed by atoms with Crippen molar-refractivity contribution < 1.29 is 14.2 Å². The van der Waals surface area contributed by atoms with E-state index in [0.717, 1.165) is 12.1 Å². The summed E-state index contributed by atoms with van der Waals surface area (Å²) in [5, 5.41) is 10.2. The highest BCUT2D eigenvalue weighted by molar-refractivity contribution is 6.30. The number of aliphatic hydroxyl groups is 1. The minimum Gasteiger partial charge on any atom is -0.390 e. The number of nitrogens with zero attached hydrogens (tertiary/aromatic N) is 1. The smallest absolute Gasteiger partial charge is 0.142 e. The van der Waals surface area contributed by atoms with Crippen LogP contribution in [0.5, 0.6) is 0 Å². The summed E-state index contributed by atoms with van der Waals surface area (Å²) in [6.07, 6.45) is -0.483. The first-order valence-corrected chi connectivity index (χ1v) is 6.36. The Kier molecular flexibility index (Phi) is 4.56. The molecule has 1 fully saturated rings. The maximum atomic E-state index is 13.3. The van der Waals surface area contributed by atoms with Crippen LogP contribution >= 0.6 is 11.6 Å². The van der Waals surface area contributed by atoms with E-state index in [9.17, 15) is 9.50 Å². The predicted molar refractivity (Wildman–Crippen MR) is 68.4 cm³/mol. The van der Waals surface area contributed by atoms with Crippen molar-refractivity contribution in [3.63, 3.8) is 0 Å². The van der Waals surface area contributed by atoms with Crippen molar-refractivity contribution >= 4 is 11.6 Å². The molecular formula is C13H17ClFNO2. The Morgan fingerprint density at radius 3 is 3.06 bits per heavy atom. The number of halogens is 2. The lowest BCUT2D eigenvalue weighted by atomic mass is 10.0. The van der Waals surface area contributed by atoms with Crippen LogP contribution in [-0.4, -0.2) is 49.0 Å². The lowest BCUT2D eigenvalue weighted by Crippen LogP contribution is -2.46. The number of hydrogen-bond donors (Lipinski definition) is 1. The molecule has 0 aromatic heterocycles. The Morgan fingerprint density at radius 1 is 1.61 bits per heavy atom. The molecule has 1 aromatic rings. The van der Waals surface area contributed by atoms with Crippen LogP contribution in [0.4, 0.5) is 4.39 Å². The monoisotopic (exact) mass is 273 g/mol. The van der Waals surface area contributed by atoms with E-state index in [0.29, 0.717) is 19.6 Å². The van der Waals surface area contributed by atoms with E-state index in [1.54, 1.807) is 6.07 Å². The van der Waals surface area contributed by atoms with Gasteiger partial charge in [-0.2, -0.15) is 0 Å². The van der Waals surface area contributed by atoms with E-state index in [4.69, 9.17) is 16.3 Å². The number of ether oxygens (including phenoxy) is 1. The van der Waals surface area contributed by atoms with Crippen LogP contribution in [0.1, 0.15) is 5.56 Å². The van der Waals surface area contributed by atoms with Gasteiger partial charge in [-0.1, -0.05) is 17.7 Å². The van der Waals surface area contributed by atoms with E-state index in [1.165, 1.54) is 12.1 Å². The summed E-state index contributed by atoms with van der Waals surface area (Å²) in [7, 11) is 1.99. The molecule has 1 N–H and O–H groups in total. The Hall–Kier alpha value is -0.680. The third kappa shape index (κ3) is 3.42. The van der Waals surface area contributed by atoms with Crippen molar-refractivity contribution in [2.75, 3.05) is 26.7 Å². The molecule has 1 heterocycles. The largest absolute Gasteiger partial charge is 0.390 e. The molecule has 2 rings (SSSR count). The fourth-order valence-electron chi connectivity index (χ4n) is 2.08. The zero-order valence-corrected chi connectivity index (χ0v) is 11.0. The standard InChI is InChI=1S/C13H17ClFNO2/c1-16-4-5-18-13(8-16)12(17)7-9-2-3-10(14)11(15)6-9/h2-3,6,12-13,17H,4-5,7-8H2,1H3. The number of morpholine rings is 1. The molecule has 0 bridgehead atoms. The number of likely N-dealkylation sites (N-methyl/N-ethyl adjacent to an activating group) is 1. The summed E-state index contributed by atoms with van der Waals surface area (Å²) in [6, 6.07) is 4.59. The first kappa shape index (κ1) is 13.7. The van der Waals surface area contributed by atoms with Gasteiger partial charge in [-0.3, -0.25) is 0 Å². The summed E-state index contributed by atoms with van der Waals surface area (Å²) in [5.74, 6) is -0.456. The molecule has 18 heavy (non-hydrogen) atoms. The first-order valence-electron chi connectivity index (χ1n) is 5.98. The second-order valence-corrected chi connectivity index (χ2v) is 5.10. The van der Waals surface area contributed by atoms with Gasteiger partial charge in [-0.25, -0.2) is 4.39 Å². The third-order valence-corrected chi connectivity index (χ3v) is 3.46. The summed E-state index contributed by atoms with van der Waals surface area (Å²) in [5.41, 5.74) is 0.723. The van der Waals surface area contributed by atoms with Gasteiger partial charge >= 0.3 is 0 Å². The fourth-order valence-corrected chi connectivity index (χ4v) is 2.20. The molecule has 1 aromatic carbocycles. The van der Waals surface area contributed by atoms with Crippen LogP contribution in [0.2, 0.25) is 5.02 Å². The molecule has 0 aliphatic carbocycles. The lowest BCUT2D eigenvalue weighted by molar-refractivity contribution is -0.0823. The van der Waals surface area contributed by atoms with Crippen LogP contribution in [0.25, 0.3) is 0 Å². The second-order valence-electron chi connectivity index (χ2n) is 4.69. The quantitative estimate of drug-likeness (QED) is 0.910. The molecule has 0 amide bonds. The van der Waals surface area contributed by atoms with E-state index in [1.807, 2.05) is 7.05 Å². The first-order chi connectivity index (χ1) is 8.56. The molecular weight excluding hydrogens is 257 g/mol. The van der Waals surface area contributed by atoms with Crippen LogP contribution in [0.3, 0.4) is 0 Å². The highest BCUT2D eigenvalue weighted by atomic mass is 35.5. The van der Waals surface area contributed by atoms with Crippen molar-refractivity contribution in [2.24, 2.45) is 0 Å². The highest BCUT2D eigenvalue weighted by Crippen LogP contribution is 2.18. The molecule has 1 aliphatic rings. The average molecular weight is 274 g/mol. The van der Waals surface area contributed by atoms with Gasteiger partial charge in [0.1, 0.15) is 5.82 Å². The number of hydrogen-bond acceptors (Lipinski definition) is 3. The SMILES string of the molecule is CN1CCOC(C(O)Cc2ccc(Cl)c(F)c2)C1. The van der Waals surface area contributed by atoms with E-state index >= 15 is 0 Å². The summed E-state index contributed by atoms with van der Waals surface area (Å²) in [4.78, 5) is 2.11. The van der Waals surface area contributed by atoms with E-state index in [-0.39, 0.29) is 11.1 Å². The van der Waals surface area contributed by atoms with Crippen molar-refractivity contribution in [3.8, 4) is 0 Å². The van der Waals surface area contributed by atoms with Gasteiger partial charge in [0.15, 0.2) is 0 Å². The van der Waals surface area contributed by atoms with Gasteiger partial charge in [-0.15, -0.1) is 0 Å². The summed E-state index contributed by atoms with van der Waals surface area (Å²) in [6.45, 7) is 2.18. The molecule has 3 nitrogen and oxygen atoms in total. The van der Waals surface area contributed by atoms with Crippen molar-refractivity contribution in [3.05, 3.63) is 34.6 Å². The van der Waals surface area contributed by atoms with Crippen molar-refractivity contribution in [1.82, 2.24) is 4.90 Å². The fraction of sp³-hybridized carbons (Fsp3) is 0.538. The molecule has 0 radical (unpaired) electrons. The van der Waals surface area contributed by atoms with Crippen molar-refractivity contribution in [2.45, 2.75) is 18.6 Å². The van der Waals surface area contributed by atoms with Gasteiger partial charge in [0, 0.05) is 19.5 Å².